The number of ether oxygens (including phenoxy) is 1. The Morgan fingerprint density at radius 1 is 1.05 bits per heavy atom. The Hall–Kier alpha value is -2.53. The topological polar surface area (TPSA) is 105 Å². The van der Waals surface area contributed by atoms with Crippen LogP contribution in [0.3, 0.4) is 0 Å². The molecule has 0 heterocycles. The van der Waals surface area contributed by atoms with Gasteiger partial charge in [0.15, 0.2) is 11.6 Å². The van der Waals surface area contributed by atoms with Crippen LogP contribution in [0.1, 0.15) is 51.2 Å². The third kappa shape index (κ3) is 7.98. The molecule has 0 radical (unpaired) electrons. The zero-order valence-electron chi connectivity index (χ0n) is 22.2. The zero-order valence-corrected chi connectivity index (χ0v) is 23.1. The van der Waals surface area contributed by atoms with Gasteiger partial charge in [0.25, 0.3) is 0 Å². The molecule has 0 saturated carbocycles. The quantitative estimate of drug-likeness (QED) is 0.283. The largest absolute Gasteiger partial charge is 0.494 e. The molecule has 0 aliphatic rings. The van der Waals surface area contributed by atoms with Crippen molar-refractivity contribution in [2.45, 2.75) is 65.1 Å². The van der Waals surface area contributed by atoms with Crippen molar-refractivity contribution in [3.63, 3.8) is 0 Å². The van der Waals surface area contributed by atoms with Crippen molar-refractivity contribution >= 4 is 16.1 Å². The number of carbonyl (C=O) groups excluding carboxylic acids is 1. The predicted molar refractivity (Wildman–Crippen MR) is 143 cm³/mol. The summed E-state index contributed by atoms with van der Waals surface area (Å²) in [5, 5.41) is 14.7. The van der Waals surface area contributed by atoms with Crippen molar-refractivity contribution in [2.75, 3.05) is 26.7 Å². The van der Waals surface area contributed by atoms with Gasteiger partial charge in [0.2, 0.25) is 5.91 Å². The van der Waals surface area contributed by atoms with Crippen LogP contribution in [-0.2, 0) is 28.0 Å². The van der Waals surface area contributed by atoms with Crippen LogP contribution in [0, 0.1) is 5.82 Å². The van der Waals surface area contributed by atoms with Crippen molar-refractivity contribution in [1.82, 2.24) is 10.0 Å². The van der Waals surface area contributed by atoms with Gasteiger partial charge in [-0.2, -0.15) is 12.3 Å². The SMILES string of the molecule is CCC[N+](CCC)(C(Cc1ccc(OC)c(F)c1)C(O)CNCc1ccccc1)S(=O)(=O)NC(=O)CC. The lowest BCUT2D eigenvalue weighted by atomic mass is 9.98. The fraction of sp³-hybridized carbons (Fsp3) is 0.519. The van der Waals surface area contributed by atoms with E-state index >= 15 is 0 Å². The van der Waals surface area contributed by atoms with Gasteiger partial charge < -0.3 is 15.2 Å². The molecule has 2 rings (SSSR count). The second-order valence-corrected chi connectivity index (χ2v) is 11.1. The molecule has 206 valence electrons. The molecule has 0 aromatic heterocycles. The van der Waals surface area contributed by atoms with E-state index in [1.807, 2.05) is 44.2 Å². The summed E-state index contributed by atoms with van der Waals surface area (Å²) in [5.41, 5.74) is 1.55. The number of hydrogen-bond donors (Lipinski definition) is 3. The van der Waals surface area contributed by atoms with E-state index in [9.17, 15) is 22.7 Å². The van der Waals surface area contributed by atoms with Crippen molar-refractivity contribution < 1.29 is 31.3 Å². The van der Waals surface area contributed by atoms with E-state index in [1.54, 1.807) is 13.0 Å². The molecular weight excluding hydrogens is 497 g/mol. The maximum atomic E-state index is 14.6. The molecule has 2 atom stereocenters. The van der Waals surface area contributed by atoms with Crippen molar-refractivity contribution in [1.29, 1.82) is 0 Å². The monoisotopic (exact) mass is 538 g/mol. The highest BCUT2D eigenvalue weighted by Gasteiger charge is 2.51. The molecule has 0 fully saturated rings. The molecule has 8 nitrogen and oxygen atoms in total. The number of quaternary nitrogens is 1. The lowest BCUT2D eigenvalue weighted by Gasteiger charge is -2.44. The molecule has 10 heteroatoms. The van der Waals surface area contributed by atoms with Crippen LogP contribution in [0.5, 0.6) is 5.75 Å². The average molecular weight is 539 g/mol. The number of rotatable bonds is 16. The van der Waals surface area contributed by atoms with Crippen molar-refractivity contribution in [3.05, 3.63) is 65.5 Å². The summed E-state index contributed by atoms with van der Waals surface area (Å²) in [4.78, 5) is 12.2. The molecule has 37 heavy (non-hydrogen) atoms. The summed E-state index contributed by atoms with van der Waals surface area (Å²) in [7, 11) is -2.88. The molecule has 0 bridgehead atoms. The van der Waals surface area contributed by atoms with E-state index in [0.717, 1.165) is 5.56 Å². The Kier molecular flexibility index (Phi) is 12.0. The second kappa shape index (κ2) is 14.4. The van der Waals surface area contributed by atoms with Crippen LogP contribution in [0.4, 0.5) is 4.39 Å². The van der Waals surface area contributed by atoms with Gasteiger partial charge in [-0.05, 0) is 36.1 Å². The summed E-state index contributed by atoms with van der Waals surface area (Å²) in [6, 6.07) is 13.2. The van der Waals surface area contributed by atoms with E-state index in [1.165, 1.54) is 19.2 Å². The van der Waals surface area contributed by atoms with Gasteiger partial charge in [-0.1, -0.05) is 57.2 Å². The highest BCUT2D eigenvalue weighted by molar-refractivity contribution is 7.84. The number of aliphatic hydroxyl groups is 1. The molecule has 2 aromatic carbocycles. The summed E-state index contributed by atoms with van der Waals surface area (Å²) in [6.45, 7) is 6.27. The van der Waals surface area contributed by atoms with E-state index in [4.69, 9.17) is 4.74 Å². The number of amides is 1. The highest BCUT2D eigenvalue weighted by atomic mass is 32.2. The standard InChI is InChI=1S/C27H40FN3O5S/c1-5-15-31(16-6-2,37(34,35)30-27(33)7-3)24(18-22-13-14-26(36-4)23(28)17-22)25(32)20-29-19-21-11-9-8-10-12-21/h8-14,17,24-25,29,32H,5-7,15-16,18-20H2,1-4H3/p+1. The minimum absolute atomic E-state index is 0.00697. The van der Waals surface area contributed by atoms with Crippen LogP contribution >= 0.6 is 0 Å². The predicted octanol–water partition coefficient (Wildman–Crippen LogP) is 3.30. The summed E-state index contributed by atoms with van der Waals surface area (Å²) in [5.74, 6) is -1.10. The molecule has 0 saturated heterocycles. The van der Waals surface area contributed by atoms with E-state index < -0.39 is 38.0 Å². The van der Waals surface area contributed by atoms with Crippen LogP contribution in [-0.4, -0.2) is 62.2 Å². The fourth-order valence-electron chi connectivity index (χ4n) is 4.72. The number of halogens is 1. The lowest BCUT2D eigenvalue weighted by molar-refractivity contribution is -0.838. The minimum Gasteiger partial charge on any atom is -0.494 e. The van der Waals surface area contributed by atoms with Gasteiger partial charge in [-0.25, -0.2) is 9.11 Å². The third-order valence-corrected chi connectivity index (χ3v) is 8.56. The van der Waals surface area contributed by atoms with Crippen LogP contribution in [0.25, 0.3) is 0 Å². The number of nitrogens with zero attached hydrogens (tertiary/aromatic N) is 1. The molecular formula is C27H41FN3O5S+. The molecule has 0 aliphatic carbocycles. The Morgan fingerprint density at radius 2 is 1.70 bits per heavy atom. The third-order valence-electron chi connectivity index (χ3n) is 6.48. The highest BCUT2D eigenvalue weighted by Crippen LogP contribution is 2.29. The first-order valence-electron chi connectivity index (χ1n) is 12.8. The minimum atomic E-state index is -4.25. The molecule has 1 amide bonds. The number of carbonyl (C=O) groups is 1. The van der Waals surface area contributed by atoms with Crippen molar-refractivity contribution in [3.8, 4) is 5.75 Å². The molecule has 2 unspecified atom stereocenters. The zero-order chi connectivity index (χ0) is 27.5. The maximum absolute atomic E-state index is 14.6. The molecule has 0 spiro atoms. The number of aliphatic hydroxyl groups excluding tert-OH is 1. The summed E-state index contributed by atoms with van der Waals surface area (Å²) in [6.07, 6.45) is -0.0265. The first-order chi connectivity index (χ1) is 17.6. The number of benzene rings is 2. The van der Waals surface area contributed by atoms with Gasteiger partial charge in [0, 0.05) is 25.9 Å². The summed E-state index contributed by atoms with van der Waals surface area (Å²) >= 11 is 0. The van der Waals surface area contributed by atoms with E-state index in [-0.39, 0.29) is 38.2 Å². The number of methoxy groups -OCH3 is 1. The molecule has 2 aromatic rings. The fourth-order valence-corrected chi connectivity index (χ4v) is 6.75. The normalized spacial score (nSPS) is 13.7. The Labute approximate surface area is 220 Å². The Balaban J connectivity index is 2.51. The smallest absolute Gasteiger partial charge is 0.396 e. The number of hydrogen-bond acceptors (Lipinski definition) is 6. The molecule has 3 N–H and O–H groups in total. The van der Waals surface area contributed by atoms with Gasteiger partial charge in [0.05, 0.1) is 20.2 Å². The van der Waals surface area contributed by atoms with Gasteiger partial charge in [0.1, 0.15) is 12.1 Å². The lowest BCUT2D eigenvalue weighted by Crippen LogP contribution is -2.68. The van der Waals surface area contributed by atoms with Gasteiger partial charge in [-0.15, -0.1) is 0 Å². The van der Waals surface area contributed by atoms with E-state index in [0.29, 0.717) is 24.9 Å². The van der Waals surface area contributed by atoms with Crippen molar-refractivity contribution in [2.24, 2.45) is 0 Å². The van der Waals surface area contributed by atoms with Crippen LogP contribution in [0.15, 0.2) is 48.5 Å². The van der Waals surface area contributed by atoms with Gasteiger partial charge in [-0.3, -0.25) is 4.79 Å². The second-order valence-electron chi connectivity index (χ2n) is 9.18. The number of nitrogens with one attached hydrogen (secondary N) is 2. The van der Waals surface area contributed by atoms with Crippen LogP contribution < -0.4 is 14.8 Å². The van der Waals surface area contributed by atoms with E-state index in [2.05, 4.69) is 10.0 Å². The average Bonchev–Trinajstić information content (AvgIpc) is 2.87. The van der Waals surface area contributed by atoms with Gasteiger partial charge >= 0.3 is 10.2 Å². The Bertz CT molecular complexity index is 1090. The summed E-state index contributed by atoms with van der Waals surface area (Å²) < 4.78 is 48.9. The first-order valence-corrected chi connectivity index (χ1v) is 14.3. The Morgan fingerprint density at radius 3 is 2.24 bits per heavy atom. The molecule has 0 aliphatic heterocycles. The van der Waals surface area contributed by atoms with Crippen LogP contribution in [0.2, 0.25) is 0 Å². The first kappa shape index (κ1) is 30.7. The maximum Gasteiger partial charge on any atom is 0.396 e.